The van der Waals surface area contributed by atoms with E-state index in [1.165, 1.54) is 0 Å². The van der Waals surface area contributed by atoms with Crippen LogP contribution in [0.3, 0.4) is 0 Å². The Balaban J connectivity index is 2.18. The molecule has 1 amide bonds. The number of nitrogens with one attached hydrogen (secondary N) is 1. The summed E-state index contributed by atoms with van der Waals surface area (Å²) in [5.41, 5.74) is -0.470. The summed E-state index contributed by atoms with van der Waals surface area (Å²) in [6.07, 6.45) is 1.80. The van der Waals surface area contributed by atoms with Gasteiger partial charge in [0.15, 0.2) is 0 Å². The van der Waals surface area contributed by atoms with Gasteiger partial charge in [0.2, 0.25) is 0 Å². The molecule has 0 aromatic carbocycles. The second-order valence-electron chi connectivity index (χ2n) is 6.34. The first kappa shape index (κ1) is 17.8. The average Bonchev–Trinajstić information content (AvgIpc) is 2.74. The zero-order valence-electron chi connectivity index (χ0n) is 13.6. The van der Waals surface area contributed by atoms with Gasteiger partial charge in [0.05, 0.1) is 6.61 Å². The molecule has 0 aliphatic carbocycles. The van der Waals surface area contributed by atoms with Gasteiger partial charge in [-0.15, -0.1) is 0 Å². The number of amides is 1. The Bertz CT molecular complexity index is 352. The Morgan fingerprint density at radius 3 is 2.67 bits per heavy atom. The zero-order chi connectivity index (χ0) is 15.9. The van der Waals surface area contributed by atoms with Crippen LogP contribution in [0.4, 0.5) is 4.79 Å². The Morgan fingerprint density at radius 1 is 1.33 bits per heavy atom. The van der Waals surface area contributed by atoms with Crippen LogP contribution < -0.4 is 5.32 Å². The van der Waals surface area contributed by atoms with Gasteiger partial charge in [-0.1, -0.05) is 0 Å². The molecule has 1 saturated heterocycles. The van der Waals surface area contributed by atoms with Gasteiger partial charge < -0.3 is 19.7 Å². The molecule has 0 aromatic rings. The fourth-order valence-electron chi connectivity index (χ4n) is 2.31. The third-order valence-corrected chi connectivity index (χ3v) is 3.15. The summed E-state index contributed by atoms with van der Waals surface area (Å²) in [5, 5.41) is 2.89. The number of carbonyl (C=O) groups excluding carboxylic acids is 2. The predicted molar refractivity (Wildman–Crippen MR) is 80.1 cm³/mol. The molecule has 0 bridgehead atoms. The second-order valence-corrected chi connectivity index (χ2v) is 6.34. The van der Waals surface area contributed by atoms with Gasteiger partial charge >= 0.3 is 12.1 Å². The summed E-state index contributed by atoms with van der Waals surface area (Å²) < 4.78 is 10.1. The number of likely N-dealkylation sites (tertiary alicyclic amines) is 1. The third kappa shape index (κ3) is 7.90. The van der Waals surface area contributed by atoms with Crippen LogP contribution in [0, 0.1) is 0 Å². The molecule has 21 heavy (non-hydrogen) atoms. The van der Waals surface area contributed by atoms with Crippen molar-refractivity contribution in [2.75, 3.05) is 26.2 Å². The first-order valence-electron chi connectivity index (χ1n) is 7.67. The van der Waals surface area contributed by atoms with Gasteiger partial charge in [0.1, 0.15) is 5.60 Å². The fourth-order valence-corrected chi connectivity index (χ4v) is 2.31. The minimum absolute atomic E-state index is 0.127. The summed E-state index contributed by atoms with van der Waals surface area (Å²) >= 11 is 0. The van der Waals surface area contributed by atoms with Crippen LogP contribution >= 0.6 is 0 Å². The molecule has 1 atom stereocenters. The highest BCUT2D eigenvalue weighted by Gasteiger charge is 2.25. The number of nitrogens with zero attached hydrogens (tertiary/aromatic N) is 1. The van der Waals surface area contributed by atoms with Gasteiger partial charge in [0.25, 0.3) is 0 Å². The Hall–Kier alpha value is -1.30. The van der Waals surface area contributed by atoms with E-state index in [1.54, 1.807) is 0 Å². The summed E-state index contributed by atoms with van der Waals surface area (Å²) in [6, 6.07) is 0.127. The van der Waals surface area contributed by atoms with Gasteiger partial charge in [-0.3, -0.25) is 4.79 Å². The lowest BCUT2D eigenvalue weighted by molar-refractivity contribution is -0.143. The van der Waals surface area contributed by atoms with E-state index >= 15 is 0 Å². The van der Waals surface area contributed by atoms with E-state index in [1.807, 2.05) is 27.7 Å². The smallest absolute Gasteiger partial charge is 0.407 e. The first-order chi connectivity index (χ1) is 9.80. The molecule has 6 nitrogen and oxygen atoms in total. The lowest BCUT2D eigenvalue weighted by atomic mass is 10.2. The molecule has 1 fully saturated rings. The molecule has 0 radical (unpaired) electrons. The lowest BCUT2D eigenvalue weighted by Crippen LogP contribution is -2.40. The van der Waals surface area contributed by atoms with Gasteiger partial charge in [-0.05, 0) is 47.1 Å². The molecule has 0 spiro atoms. The van der Waals surface area contributed by atoms with Gasteiger partial charge in [0, 0.05) is 25.6 Å². The summed E-state index contributed by atoms with van der Waals surface area (Å²) in [7, 11) is 0. The van der Waals surface area contributed by atoms with Gasteiger partial charge in [-0.25, -0.2) is 4.79 Å². The van der Waals surface area contributed by atoms with E-state index in [2.05, 4.69) is 10.2 Å². The molecule has 1 rings (SSSR count). The van der Waals surface area contributed by atoms with Crippen molar-refractivity contribution < 1.29 is 19.1 Å². The molecular formula is C15H28N2O4. The minimum atomic E-state index is -0.470. The molecule has 1 heterocycles. The Morgan fingerprint density at radius 2 is 2.05 bits per heavy atom. The van der Waals surface area contributed by atoms with Crippen molar-refractivity contribution in [3.05, 3.63) is 0 Å². The van der Waals surface area contributed by atoms with Crippen LogP contribution in [0.5, 0.6) is 0 Å². The Labute approximate surface area is 127 Å². The van der Waals surface area contributed by atoms with E-state index < -0.39 is 5.60 Å². The summed E-state index contributed by atoms with van der Waals surface area (Å²) in [4.78, 5) is 25.2. The van der Waals surface area contributed by atoms with E-state index in [4.69, 9.17) is 9.47 Å². The van der Waals surface area contributed by atoms with Crippen molar-refractivity contribution in [1.82, 2.24) is 10.2 Å². The van der Waals surface area contributed by atoms with Crippen LogP contribution in [0.15, 0.2) is 0 Å². The summed E-state index contributed by atoms with van der Waals surface area (Å²) in [6.45, 7) is 10.4. The SMILES string of the molecule is CCOC(=O)CCCN1CC[C@@H](NC(=O)OC(C)(C)C)C1. The maximum Gasteiger partial charge on any atom is 0.407 e. The quantitative estimate of drug-likeness (QED) is 0.759. The first-order valence-corrected chi connectivity index (χ1v) is 7.67. The van der Waals surface area contributed by atoms with Crippen molar-refractivity contribution >= 4 is 12.1 Å². The van der Waals surface area contributed by atoms with Crippen LogP contribution in [-0.4, -0.2) is 54.8 Å². The second kappa shape index (κ2) is 8.22. The molecule has 1 aliphatic heterocycles. The van der Waals surface area contributed by atoms with Crippen LogP contribution in [-0.2, 0) is 14.3 Å². The van der Waals surface area contributed by atoms with E-state index in [9.17, 15) is 9.59 Å². The average molecular weight is 300 g/mol. The molecule has 1 N–H and O–H groups in total. The number of carbonyl (C=O) groups is 2. The normalized spacial score (nSPS) is 19.3. The maximum atomic E-state index is 11.7. The highest BCUT2D eigenvalue weighted by Crippen LogP contribution is 2.12. The highest BCUT2D eigenvalue weighted by atomic mass is 16.6. The molecule has 0 saturated carbocycles. The molecule has 0 unspecified atom stereocenters. The number of ether oxygens (including phenoxy) is 2. The van der Waals surface area contributed by atoms with E-state index in [0.717, 1.165) is 32.5 Å². The highest BCUT2D eigenvalue weighted by molar-refractivity contribution is 5.69. The fraction of sp³-hybridized carbons (Fsp3) is 0.867. The van der Waals surface area contributed by atoms with E-state index in [0.29, 0.717) is 13.0 Å². The number of rotatable bonds is 6. The number of alkyl carbamates (subject to hydrolysis) is 1. The number of hydrogen-bond acceptors (Lipinski definition) is 5. The van der Waals surface area contributed by atoms with Gasteiger partial charge in [-0.2, -0.15) is 0 Å². The maximum absolute atomic E-state index is 11.7. The van der Waals surface area contributed by atoms with Crippen molar-refractivity contribution in [1.29, 1.82) is 0 Å². The van der Waals surface area contributed by atoms with Crippen LogP contribution in [0.1, 0.15) is 47.0 Å². The van der Waals surface area contributed by atoms with Crippen LogP contribution in [0.25, 0.3) is 0 Å². The van der Waals surface area contributed by atoms with Crippen LogP contribution in [0.2, 0.25) is 0 Å². The number of esters is 1. The van der Waals surface area contributed by atoms with Crippen molar-refractivity contribution in [3.63, 3.8) is 0 Å². The zero-order valence-corrected chi connectivity index (χ0v) is 13.6. The molecule has 1 aliphatic rings. The summed E-state index contributed by atoms with van der Waals surface area (Å²) in [5.74, 6) is -0.139. The largest absolute Gasteiger partial charge is 0.466 e. The minimum Gasteiger partial charge on any atom is -0.466 e. The topological polar surface area (TPSA) is 67.9 Å². The lowest BCUT2D eigenvalue weighted by Gasteiger charge is -2.22. The monoisotopic (exact) mass is 300 g/mol. The van der Waals surface area contributed by atoms with Crippen molar-refractivity contribution in [2.24, 2.45) is 0 Å². The predicted octanol–water partition coefficient (Wildman–Crippen LogP) is 1.93. The standard InChI is InChI=1S/C15H28N2O4/c1-5-20-13(18)7-6-9-17-10-8-12(11-17)16-14(19)21-15(2,3)4/h12H,5-11H2,1-4H3,(H,16,19)/t12-/m1/s1. The Kier molecular flexibility index (Phi) is 6.95. The molecule has 122 valence electrons. The third-order valence-electron chi connectivity index (χ3n) is 3.15. The molecule has 6 heteroatoms. The van der Waals surface area contributed by atoms with Crippen molar-refractivity contribution in [2.45, 2.75) is 58.6 Å². The molecular weight excluding hydrogens is 272 g/mol. The van der Waals surface area contributed by atoms with Crippen molar-refractivity contribution in [3.8, 4) is 0 Å². The number of hydrogen-bond donors (Lipinski definition) is 1. The molecule has 0 aromatic heterocycles. The van der Waals surface area contributed by atoms with E-state index in [-0.39, 0.29) is 18.1 Å².